The van der Waals surface area contributed by atoms with Crippen molar-refractivity contribution in [3.63, 3.8) is 0 Å². The summed E-state index contributed by atoms with van der Waals surface area (Å²) in [5, 5.41) is 0. The lowest BCUT2D eigenvalue weighted by Crippen LogP contribution is -2.48. The Morgan fingerprint density at radius 2 is 1.88 bits per heavy atom. The molecule has 0 bridgehead atoms. The van der Waals surface area contributed by atoms with Crippen molar-refractivity contribution >= 4 is 27.5 Å². The van der Waals surface area contributed by atoms with Gasteiger partial charge < -0.3 is 9.80 Å². The highest BCUT2D eigenvalue weighted by atomic mass is 32.2. The summed E-state index contributed by atoms with van der Waals surface area (Å²) in [4.78, 5) is 27.5. The van der Waals surface area contributed by atoms with Gasteiger partial charge in [0.25, 0.3) is 0 Å². The van der Waals surface area contributed by atoms with Crippen LogP contribution in [-0.2, 0) is 26.0 Å². The second-order valence-electron chi connectivity index (χ2n) is 6.65. The number of rotatable bonds is 4. The highest BCUT2D eigenvalue weighted by Gasteiger charge is 2.29. The van der Waals surface area contributed by atoms with E-state index in [9.17, 15) is 18.0 Å². The molecule has 25 heavy (non-hydrogen) atoms. The number of carbonyl (C=O) groups excluding carboxylic acids is 2. The number of likely N-dealkylation sites (tertiary alicyclic amines) is 1. The number of benzene rings is 1. The normalized spacial score (nSPS) is 19.0. The van der Waals surface area contributed by atoms with E-state index in [1.54, 1.807) is 24.9 Å². The van der Waals surface area contributed by atoms with Gasteiger partial charge >= 0.3 is 0 Å². The molecule has 0 aliphatic carbocycles. The third kappa shape index (κ3) is 3.55. The number of nitrogens with one attached hydrogen (secondary N) is 1. The van der Waals surface area contributed by atoms with Gasteiger partial charge in [-0.3, -0.25) is 9.59 Å². The van der Waals surface area contributed by atoms with Gasteiger partial charge in [-0.25, -0.2) is 8.42 Å². The fourth-order valence-electron chi connectivity index (χ4n) is 3.35. The first-order valence-electron chi connectivity index (χ1n) is 8.50. The summed E-state index contributed by atoms with van der Waals surface area (Å²) in [5.41, 5.74) is 1.41. The van der Waals surface area contributed by atoms with E-state index in [-0.39, 0.29) is 23.1 Å². The number of amides is 2. The summed E-state index contributed by atoms with van der Waals surface area (Å²) in [6.07, 6.45) is 3.21. The summed E-state index contributed by atoms with van der Waals surface area (Å²) >= 11 is 0. The van der Waals surface area contributed by atoms with Gasteiger partial charge in [0.1, 0.15) is 0 Å². The number of fused-ring (bicyclic) bond motifs is 1. The van der Waals surface area contributed by atoms with Crippen LogP contribution in [0.1, 0.15) is 31.7 Å². The molecule has 1 N–H and O–H groups in total. The maximum atomic E-state index is 12.6. The van der Waals surface area contributed by atoms with Crippen molar-refractivity contribution in [2.75, 3.05) is 25.0 Å². The van der Waals surface area contributed by atoms with Crippen molar-refractivity contribution in [1.29, 1.82) is 0 Å². The van der Waals surface area contributed by atoms with Gasteiger partial charge in [0.2, 0.25) is 21.8 Å². The number of hydrogen-bond acceptors (Lipinski definition) is 4. The molecule has 1 fully saturated rings. The first-order chi connectivity index (χ1) is 11.8. The maximum Gasteiger partial charge on any atom is 0.241 e. The van der Waals surface area contributed by atoms with Crippen LogP contribution in [0.4, 0.5) is 5.69 Å². The molecule has 2 heterocycles. The minimum Gasteiger partial charge on any atom is -0.341 e. The van der Waals surface area contributed by atoms with Crippen molar-refractivity contribution in [3.05, 3.63) is 23.8 Å². The summed E-state index contributed by atoms with van der Waals surface area (Å²) in [7, 11) is -2.16. The van der Waals surface area contributed by atoms with E-state index in [4.69, 9.17) is 0 Å². The molecule has 1 aromatic carbocycles. The molecular formula is C17H23N3O4S. The maximum absolute atomic E-state index is 12.6. The minimum absolute atomic E-state index is 0.0637. The zero-order valence-electron chi connectivity index (χ0n) is 14.5. The zero-order chi connectivity index (χ0) is 18.2. The molecular weight excluding hydrogens is 342 g/mol. The number of likely N-dealkylation sites (N-methyl/N-ethyl adjacent to an activating group) is 1. The molecule has 0 spiro atoms. The van der Waals surface area contributed by atoms with Crippen LogP contribution in [0.2, 0.25) is 0 Å². The lowest BCUT2D eigenvalue weighted by atomic mass is 10.1. The average molecular weight is 365 g/mol. The Kier molecular flexibility index (Phi) is 4.83. The molecule has 0 radical (unpaired) electrons. The summed E-state index contributed by atoms with van der Waals surface area (Å²) in [5.74, 6) is -0.259. The first kappa shape index (κ1) is 17.9. The molecule has 136 valence electrons. The van der Waals surface area contributed by atoms with Crippen LogP contribution >= 0.6 is 0 Å². The molecule has 2 aliphatic heterocycles. The fourth-order valence-corrected chi connectivity index (χ4v) is 4.60. The molecule has 7 nitrogen and oxygen atoms in total. The van der Waals surface area contributed by atoms with Crippen molar-refractivity contribution in [1.82, 2.24) is 9.62 Å². The van der Waals surface area contributed by atoms with Crippen LogP contribution in [0.5, 0.6) is 0 Å². The van der Waals surface area contributed by atoms with E-state index in [1.165, 1.54) is 17.0 Å². The largest absolute Gasteiger partial charge is 0.341 e. The van der Waals surface area contributed by atoms with Crippen molar-refractivity contribution < 1.29 is 18.0 Å². The molecule has 0 unspecified atom stereocenters. The molecule has 0 saturated carbocycles. The molecule has 1 atom stereocenters. The predicted molar refractivity (Wildman–Crippen MR) is 93.8 cm³/mol. The number of sulfonamides is 1. The number of hydrogen-bond donors (Lipinski definition) is 1. The SMILES string of the molecule is C[C@H](NS(=O)(=O)c1ccc2c(c1)CC(=O)N2C)C(=O)N1CCCCC1. The topological polar surface area (TPSA) is 86.8 Å². The summed E-state index contributed by atoms with van der Waals surface area (Å²) in [6, 6.07) is 3.79. The Morgan fingerprint density at radius 1 is 1.20 bits per heavy atom. The third-order valence-electron chi connectivity index (χ3n) is 4.81. The van der Waals surface area contributed by atoms with Crippen molar-refractivity contribution in [2.45, 2.75) is 43.5 Å². The number of carbonyl (C=O) groups is 2. The average Bonchev–Trinajstić information content (AvgIpc) is 2.88. The van der Waals surface area contributed by atoms with Gasteiger partial charge in [-0.05, 0) is 49.9 Å². The van der Waals surface area contributed by atoms with E-state index in [1.807, 2.05) is 0 Å². The highest BCUT2D eigenvalue weighted by molar-refractivity contribution is 7.89. The quantitative estimate of drug-likeness (QED) is 0.858. The monoisotopic (exact) mass is 365 g/mol. The minimum atomic E-state index is -3.83. The Hall–Kier alpha value is -1.93. The van der Waals surface area contributed by atoms with Crippen LogP contribution in [0.25, 0.3) is 0 Å². The van der Waals surface area contributed by atoms with Crippen LogP contribution in [0.15, 0.2) is 23.1 Å². The zero-order valence-corrected chi connectivity index (χ0v) is 15.3. The van der Waals surface area contributed by atoms with E-state index < -0.39 is 16.1 Å². The molecule has 0 aromatic heterocycles. The van der Waals surface area contributed by atoms with E-state index in [0.717, 1.165) is 24.9 Å². The van der Waals surface area contributed by atoms with E-state index >= 15 is 0 Å². The predicted octanol–water partition coefficient (Wildman–Crippen LogP) is 0.885. The van der Waals surface area contributed by atoms with Crippen LogP contribution in [0.3, 0.4) is 0 Å². The third-order valence-corrected chi connectivity index (χ3v) is 6.35. The van der Waals surface area contributed by atoms with Crippen molar-refractivity contribution in [2.24, 2.45) is 0 Å². The van der Waals surface area contributed by atoms with Gasteiger partial charge in [0.15, 0.2) is 0 Å². The number of piperidine rings is 1. The molecule has 2 aliphatic rings. The summed E-state index contributed by atoms with van der Waals surface area (Å²) < 4.78 is 27.7. The molecule has 8 heteroatoms. The second-order valence-corrected chi connectivity index (χ2v) is 8.36. The lowest BCUT2D eigenvalue weighted by Gasteiger charge is -2.29. The second kappa shape index (κ2) is 6.76. The Bertz CT molecular complexity index is 800. The fraction of sp³-hybridized carbons (Fsp3) is 0.529. The number of anilines is 1. The standard InChI is InChI=1S/C17H23N3O4S/c1-12(17(22)20-8-4-3-5-9-20)18-25(23,24)14-6-7-15-13(10-14)11-16(21)19(15)2/h6-7,10,12,18H,3-5,8-9,11H2,1-2H3/t12-/m0/s1. The smallest absolute Gasteiger partial charge is 0.241 e. The van der Waals surface area contributed by atoms with Gasteiger partial charge in [-0.1, -0.05) is 0 Å². The van der Waals surface area contributed by atoms with Gasteiger partial charge in [-0.2, -0.15) is 4.72 Å². The molecule has 2 amide bonds. The molecule has 1 aromatic rings. The Balaban J connectivity index is 1.75. The van der Waals surface area contributed by atoms with Crippen LogP contribution in [0, 0.1) is 0 Å². The van der Waals surface area contributed by atoms with Gasteiger partial charge in [0, 0.05) is 25.8 Å². The summed E-state index contributed by atoms with van der Waals surface area (Å²) in [6.45, 7) is 2.93. The first-order valence-corrected chi connectivity index (χ1v) is 9.98. The van der Waals surface area contributed by atoms with E-state index in [0.29, 0.717) is 18.7 Å². The Morgan fingerprint density at radius 3 is 2.56 bits per heavy atom. The highest BCUT2D eigenvalue weighted by Crippen LogP contribution is 2.29. The molecule has 3 rings (SSSR count). The van der Waals surface area contributed by atoms with E-state index in [2.05, 4.69) is 4.72 Å². The van der Waals surface area contributed by atoms with Crippen molar-refractivity contribution in [3.8, 4) is 0 Å². The molecule has 1 saturated heterocycles. The van der Waals surface area contributed by atoms with Gasteiger partial charge in [-0.15, -0.1) is 0 Å². The number of nitrogens with zero attached hydrogens (tertiary/aromatic N) is 2. The Labute approximate surface area is 148 Å². The van der Waals surface area contributed by atoms with Crippen LogP contribution < -0.4 is 9.62 Å². The lowest BCUT2D eigenvalue weighted by molar-refractivity contribution is -0.133. The van der Waals surface area contributed by atoms with Crippen LogP contribution in [-0.4, -0.2) is 51.3 Å². The van der Waals surface area contributed by atoms with Gasteiger partial charge in [0.05, 0.1) is 17.4 Å².